The molecule has 0 aliphatic heterocycles. The quantitative estimate of drug-likeness (QED) is 0.489. The number of anilines is 1. The number of amides is 1. The molecule has 0 aliphatic carbocycles. The van der Waals surface area contributed by atoms with Crippen molar-refractivity contribution in [3.05, 3.63) is 79.0 Å². The summed E-state index contributed by atoms with van der Waals surface area (Å²) in [6.45, 7) is 1.93. The molecule has 26 heavy (non-hydrogen) atoms. The maximum absolute atomic E-state index is 12.6. The van der Waals surface area contributed by atoms with Crippen LogP contribution in [0.3, 0.4) is 0 Å². The Morgan fingerprint density at radius 1 is 0.962 bits per heavy atom. The summed E-state index contributed by atoms with van der Waals surface area (Å²) in [6.07, 6.45) is 1.79. The number of aromatic nitrogens is 1. The number of hydrogen-bond donors (Lipinski definition) is 1. The lowest BCUT2D eigenvalue weighted by molar-refractivity contribution is -0.115. The second-order valence-corrected chi connectivity index (χ2v) is 7.52. The summed E-state index contributed by atoms with van der Waals surface area (Å²) in [4.78, 5) is 18.1. The SMILES string of the molecule is CC(Sc1ccnc2ccccc12)C(=O)Nc1ccc2ccccc2c1. The van der Waals surface area contributed by atoms with Gasteiger partial charge in [-0.3, -0.25) is 9.78 Å². The minimum Gasteiger partial charge on any atom is -0.325 e. The minimum absolute atomic E-state index is 0.00817. The first kappa shape index (κ1) is 16.6. The number of fused-ring (bicyclic) bond motifs is 2. The zero-order chi connectivity index (χ0) is 17.9. The van der Waals surface area contributed by atoms with E-state index in [1.54, 1.807) is 18.0 Å². The topological polar surface area (TPSA) is 42.0 Å². The molecule has 0 bridgehead atoms. The molecule has 0 spiro atoms. The summed E-state index contributed by atoms with van der Waals surface area (Å²) < 4.78 is 0. The lowest BCUT2D eigenvalue weighted by atomic mass is 10.1. The van der Waals surface area contributed by atoms with Crippen molar-refractivity contribution in [2.75, 3.05) is 5.32 Å². The van der Waals surface area contributed by atoms with Crippen LogP contribution in [0.2, 0.25) is 0 Å². The third-order valence-electron chi connectivity index (χ3n) is 4.30. The van der Waals surface area contributed by atoms with Gasteiger partial charge < -0.3 is 5.32 Å². The van der Waals surface area contributed by atoms with Crippen molar-refractivity contribution < 1.29 is 4.79 Å². The molecule has 0 radical (unpaired) electrons. The number of pyridine rings is 1. The summed E-state index contributed by atoms with van der Waals surface area (Å²) >= 11 is 1.55. The van der Waals surface area contributed by atoms with E-state index in [0.29, 0.717) is 0 Å². The van der Waals surface area contributed by atoms with Crippen LogP contribution < -0.4 is 5.32 Å². The molecule has 1 aromatic heterocycles. The minimum atomic E-state index is -0.215. The molecule has 0 saturated carbocycles. The number of carbonyl (C=O) groups excluding carboxylic acids is 1. The van der Waals surface area contributed by atoms with Crippen LogP contribution in [0, 0.1) is 0 Å². The van der Waals surface area contributed by atoms with E-state index in [0.717, 1.165) is 32.3 Å². The molecular weight excluding hydrogens is 340 g/mol. The fourth-order valence-electron chi connectivity index (χ4n) is 2.93. The lowest BCUT2D eigenvalue weighted by Crippen LogP contribution is -2.22. The van der Waals surface area contributed by atoms with Crippen LogP contribution in [0.4, 0.5) is 5.69 Å². The zero-order valence-electron chi connectivity index (χ0n) is 14.3. The van der Waals surface area contributed by atoms with Gasteiger partial charge in [-0.15, -0.1) is 11.8 Å². The Labute approximate surface area is 156 Å². The molecule has 3 aromatic carbocycles. The molecule has 1 amide bonds. The Hall–Kier alpha value is -2.85. The first-order valence-electron chi connectivity index (χ1n) is 8.51. The number of hydrogen-bond acceptors (Lipinski definition) is 3. The van der Waals surface area contributed by atoms with E-state index < -0.39 is 0 Å². The van der Waals surface area contributed by atoms with Crippen molar-refractivity contribution in [3.8, 4) is 0 Å². The van der Waals surface area contributed by atoms with Crippen LogP contribution in [0.15, 0.2) is 83.9 Å². The van der Waals surface area contributed by atoms with Gasteiger partial charge in [0.2, 0.25) is 5.91 Å². The predicted molar refractivity (Wildman–Crippen MR) is 110 cm³/mol. The summed E-state index contributed by atoms with van der Waals surface area (Å²) in [5.74, 6) is -0.00817. The van der Waals surface area contributed by atoms with Gasteiger partial charge in [0.25, 0.3) is 0 Å². The standard InChI is InChI=1S/C22H18N2OS/c1-15(26-21-12-13-23-20-9-5-4-8-19(20)21)22(25)24-18-11-10-16-6-2-3-7-17(16)14-18/h2-15H,1H3,(H,24,25). The van der Waals surface area contributed by atoms with Gasteiger partial charge in [-0.1, -0.05) is 48.5 Å². The summed E-state index contributed by atoms with van der Waals surface area (Å²) in [6, 6.07) is 24.1. The Morgan fingerprint density at radius 2 is 1.73 bits per heavy atom. The molecule has 4 rings (SSSR count). The average Bonchev–Trinajstić information content (AvgIpc) is 2.68. The molecule has 0 fully saturated rings. The number of nitrogens with zero attached hydrogens (tertiary/aromatic N) is 1. The number of nitrogens with one attached hydrogen (secondary N) is 1. The van der Waals surface area contributed by atoms with Gasteiger partial charge >= 0.3 is 0 Å². The second kappa shape index (κ2) is 7.18. The Morgan fingerprint density at radius 3 is 2.62 bits per heavy atom. The molecule has 1 unspecified atom stereocenters. The summed E-state index contributed by atoms with van der Waals surface area (Å²) in [7, 11) is 0. The smallest absolute Gasteiger partial charge is 0.237 e. The summed E-state index contributed by atoms with van der Waals surface area (Å²) in [5.41, 5.74) is 1.76. The first-order chi connectivity index (χ1) is 12.7. The third-order valence-corrected chi connectivity index (χ3v) is 5.48. The van der Waals surface area contributed by atoms with Crippen molar-refractivity contribution in [1.29, 1.82) is 0 Å². The van der Waals surface area contributed by atoms with Crippen molar-refractivity contribution in [2.24, 2.45) is 0 Å². The van der Waals surface area contributed by atoms with Crippen LogP contribution in [-0.4, -0.2) is 16.1 Å². The van der Waals surface area contributed by atoms with Crippen LogP contribution in [0.25, 0.3) is 21.7 Å². The van der Waals surface area contributed by atoms with Crippen molar-refractivity contribution in [3.63, 3.8) is 0 Å². The van der Waals surface area contributed by atoms with Gasteiger partial charge in [-0.05, 0) is 42.0 Å². The maximum Gasteiger partial charge on any atom is 0.237 e. The Bertz CT molecular complexity index is 1090. The van der Waals surface area contributed by atoms with Gasteiger partial charge in [0.1, 0.15) is 0 Å². The maximum atomic E-state index is 12.6. The second-order valence-electron chi connectivity index (χ2n) is 6.14. The highest BCUT2D eigenvalue weighted by molar-refractivity contribution is 8.00. The van der Waals surface area contributed by atoms with E-state index >= 15 is 0 Å². The molecule has 4 heteroatoms. The van der Waals surface area contributed by atoms with E-state index in [1.807, 2.05) is 73.7 Å². The first-order valence-corrected chi connectivity index (χ1v) is 9.39. The van der Waals surface area contributed by atoms with Gasteiger partial charge in [0.05, 0.1) is 10.8 Å². The number of benzene rings is 3. The van der Waals surface area contributed by atoms with Gasteiger partial charge in [-0.25, -0.2) is 0 Å². The largest absolute Gasteiger partial charge is 0.325 e. The Balaban J connectivity index is 1.52. The van der Waals surface area contributed by atoms with Crippen molar-refractivity contribution >= 4 is 45.0 Å². The van der Waals surface area contributed by atoms with Crippen LogP contribution in [0.5, 0.6) is 0 Å². The van der Waals surface area contributed by atoms with Gasteiger partial charge in [0, 0.05) is 22.2 Å². The Kier molecular flexibility index (Phi) is 4.59. The van der Waals surface area contributed by atoms with Crippen molar-refractivity contribution in [1.82, 2.24) is 4.98 Å². The van der Waals surface area contributed by atoms with E-state index in [9.17, 15) is 4.79 Å². The number of carbonyl (C=O) groups is 1. The van der Waals surface area contributed by atoms with E-state index in [-0.39, 0.29) is 11.2 Å². The highest BCUT2D eigenvalue weighted by Crippen LogP contribution is 2.30. The molecule has 128 valence electrons. The molecule has 4 aromatic rings. The lowest BCUT2D eigenvalue weighted by Gasteiger charge is -2.13. The molecule has 0 aliphatic rings. The number of para-hydroxylation sites is 1. The monoisotopic (exact) mass is 358 g/mol. The zero-order valence-corrected chi connectivity index (χ0v) is 15.2. The fraction of sp³-hybridized carbons (Fsp3) is 0.0909. The van der Waals surface area contributed by atoms with Crippen LogP contribution in [-0.2, 0) is 4.79 Å². The average molecular weight is 358 g/mol. The number of rotatable bonds is 4. The number of thioether (sulfide) groups is 1. The van der Waals surface area contributed by atoms with E-state index in [1.165, 1.54) is 0 Å². The highest BCUT2D eigenvalue weighted by atomic mass is 32.2. The summed E-state index contributed by atoms with van der Waals surface area (Å²) in [5, 5.41) is 6.17. The molecule has 1 atom stereocenters. The molecule has 1 N–H and O–H groups in total. The van der Waals surface area contributed by atoms with Crippen LogP contribution >= 0.6 is 11.8 Å². The van der Waals surface area contributed by atoms with Crippen LogP contribution in [0.1, 0.15) is 6.92 Å². The molecule has 3 nitrogen and oxygen atoms in total. The predicted octanol–water partition coefficient (Wildman–Crippen LogP) is 5.51. The van der Waals surface area contributed by atoms with Crippen molar-refractivity contribution in [2.45, 2.75) is 17.1 Å². The fourth-order valence-corrected chi connectivity index (χ4v) is 3.91. The molecular formula is C22H18N2OS. The molecule has 0 saturated heterocycles. The van der Waals surface area contributed by atoms with Gasteiger partial charge in [0.15, 0.2) is 0 Å². The van der Waals surface area contributed by atoms with E-state index in [4.69, 9.17) is 0 Å². The normalized spacial score (nSPS) is 12.2. The van der Waals surface area contributed by atoms with Gasteiger partial charge in [-0.2, -0.15) is 0 Å². The highest BCUT2D eigenvalue weighted by Gasteiger charge is 2.16. The molecule has 1 heterocycles. The third kappa shape index (κ3) is 3.41. The van der Waals surface area contributed by atoms with E-state index in [2.05, 4.69) is 16.4 Å².